The van der Waals surface area contributed by atoms with E-state index in [0.717, 1.165) is 25.1 Å². The number of rotatable bonds is 10. The van der Waals surface area contributed by atoms with Gasteiger partial charge in [-0.05, 0) is 56.1 Å². The molecule has 1 saturated heterocycles. The lowest BCUT2D eigenvalue weighted by Gasteiger charge is -2.28. The Morgan fingerprint density at radius 1 is 1.28 bits per heavy atom. The maximum atomic E-state index is 13.9. The van der Waals surface area contributed by atoms with E-state index >= 15 is 0 Å². The van der Waals surface area contributed by atoms with Crippen molar-refractivity contribution < 1.29 is 19.8 Å². The van der Waals surface area contributed by atoms with Crippen LogP contribution in [0, 0.1) is 5.92 Å². The summed E-state index contributed by atoms with van der Waals surface area (Å²) in [6.07, 6.45) is 8.37. The highest BCUT2D eigenvalue weighted by Crippen LogP contribution is 2.49. The number of aryl methyl sites for hydroxylation is 1. The number of para-hydroxylation sites is 1. The zero-order valence-corrected chi connectivity index (χ0v) is 22.0. The molecule has 0 unspecified atom stereocenters. The van der Waals surface area contributed by atoms with Crippen molar-refractivity contribution in [2.24, 2.45) is 5.92 Å². The fraction of sp³-hybridized carbons (Fsp3) is 0.379. The van der Waals surface area contributed by atoms with Crippen LogP contribution in [0.5, 0.6) is 0 Å². The van der Waals surface area contributed by atoms with E-state index in [1.54, 1.807) is 34.0 Å². The number of benzene rings is 2. The highest BCUT2D eigenvalue weighted by atomic mass is 16.3. The topological polar surface area (TPSA) is 133 Å². The van der Waals surface area contributed by atoms with Crippen LogP contribution in [-0.2, 0) is 28.2 Å². The van der Waals surface area contributed by atoms with E-state index in [2.05, 4.69) is 20.9 Å². The molecule has 4 N–H and O–H groups in total. The number of amides is 2. The molecule has 3 heterocycles. The lowest BCUT2D eigenvalue weighted by Crippen LogP contribution is -2.42. The van der Waals surface area contributed by atoms with E-state index in [4.69, 9.17) is 5.11 Å². The number of fused-ring (bicyclic) bond motifs is 1. The third kappa shape index (κ3) is 5.36. The summed E-state index contributed by atoms with van der Waals surface area (Å²) in [7, 11) is 0. The lowest BCUT2D eigenvalue weighted by molar-refractivity contribution is -0.138. The van der Waals surface area contributed by atoms with Gasteiger partial charge in [-0.25, -0.2) is 0 Å². The van der Waals surface area contributed by atoms with E-state index < -0.39 is 17.4 Å². The molecule has 0 radical (unpaired) electrons. The maximum absolute atomic E-state index is 13.9. The number of nitrogens with one attached hydrogen (secondary N) is 2. The van der Waals surface area contributed by atoms with Crippen molar-refractivity contribution in [2.45, 2.75) is 50.8 Å². The SMILES string of the molecule is C[C@H](/C=C/CCn1cc(CCO)nn1)[C@@]1(O)C(=O)N(c2ccccc2)c2ccc(NC(=O)[C@H]3CCCN3)cc21. The maximum Gasteiger partial charge on any atom is 0.268 e. The van der Waals surface area contributed by atoms with Crippen LogP contribution >= 0.6 is 0 Å². The number of anilines is 3. The van der Waals surface area contributed by atoms with Crippen LogP contribution in [0.4, 0.5) is 17.1 Å². The fourth-order valence-electron chi connectivity index (χ4n) is 5.24. The Hall–Kier alpha value is -3.86. The van der Waals surface area contributed by atoms with Crippen LogP contribution < -0.4 is 15.5 Å². The summed E-state index contributed by atoms with van der Waals surface area (Å²) < 4.78 is 1.70. The molecule has 204 valence electrons. The van der Waals surface area contributed by atoms with Crippen LogP contribution in [0.25, 0.3) is 0 Å². The van der Waals surface area contributed by atoms with Crippen LogP contribution in [0.3, 0.4) is 0 Å². The molecule has 2 aliphatic rings. The van der Waals surface area contributed by atoms with Gasteiger partial charge in [-0.1, -0.05) is 42.5 Å². The van der Waals surface area contributed by atoms with Crippen LogP contribution in [0.1, 0.15) is 37.4 Å². The molecule has 3 aromatic rings. The van der Waals surface area contributed by atoms with E-state index in [1.807, 2.05) is 49.4 Å². The number of hydrogen-bond donors (Lipinski definition) is 4. The van der Waals surface area contributed by atoms with Gasteiger partial charge < -0.3 is 20.8 Å². The molecule has 0 spiro atoms. The zero-order valence-electron chi connectivity index (χ0n) is 22.0. The molecule has 1 aromatic heterocycles. The largest absolute Gasteiger partial charge is 0.396 e. The van der Waals surface area contributed by atoms with Crippen LogP contribution in [0.15, 0.2) is 66.9 Å². The second-order valence-electron chi connectivity index (χ2n) is 10.1. The molecule has 3 atom stereocenters. The van der Waals surface area contributed by atoms with Crippen molar-refractivity contribution in [3.8, 4) is 0 Å². The Balaban J connectivity index is 1.39. The third-order valence-electron chi connectivity index (χ3n) is 7.40. The minimum Gasteiger partial charge on any atom is -0.396 e. The number of allylic oxidation sites excluding steroid dienone is 1. The number of aromatic nitrogens is 3. The molecule has 1 fully saturated rings. The number of aliphatic hydroxyl groups excluding tert-OH is 1. The number of aliphatic hydroxyl groups is 2. The minimum absolute atomic E-state index is 0.0209. The summed E-state index contributed by atoms with van der Waals surface area (Å²) >= 11 is 0. The normalized spacial score (nSPS) is 21.5. The van der Waals surface area contributed by atoms with Gasteiger partial charge in [0.2, 0.25) is 5.91 Å². The Bertz CT molecular complexity index is 1350. The second-order valence-corrected chi connectivity index (χ2v) is 10.1. The Morgan fingerprint density at radius 2 is 2.10 bits per heavy atom. The molecular weight excluding hydrogens is 496 g/mol. The quantitative estimate of drug-likeness (QED) is 0.296. The van der Waals surface area contributed by atoms with Gasteiger partial charge in [-0.15, -0.1) is 5.10 Å². The highest BCUT2D eigenvalue weighted by molar-refractivity contribution is 6.12. The molecule has 0 bridgehead atoms. The lowest BCUT2D eigenvalue weighted by atomic mass is 9.82. The highest BCUT2D eigenvalue weighted by Gasteiger charge is 2.53. The van der Waals surface area contributed by atoms with Gasteiger partial charge in [0, 0.05) is 48.6 Å². The van der Waals surface area contributed by atoms with Gasteiger partial charge in [-0.3, -0.25) is 19.2 Å². The van der Waals surface area contributed by atoms with Crippen molar-refractivity contribution in [3.63, 3.8) is 0 Å². The standard InChI is InChI=1S/C29H34N6O4/c1-20(8-5-6-16-34-19-22(14-17-36)32-33-34)29(39)24-18-21(31-27(37)25-11-7-15-30-25)12-13-26(24)35(28(29)38)23-9-3-2-4-10-23/h2-5,8-10,12-13,18-20,25,30,36,39H,6-7,11,14-17H2,1H3,(H,31,37)/b8-5+/t20-,25-,29+/m1/s1. The third-order valence-corrected chi connectivity index (χ3v) is 7.40. The van der Waals surface area contributed by atoms with Crippen molar-refractivity contribution in [1.29, 1.82) is 0 Å². The van der Waals surface area contributed by atoms with Crippen molar-refractivity contribution in [1.82, 2.24) is 20.3 Å². The zero-order chi connectivity index (χ0) is 27.4. The summed E-state index contributed by atoms with van der Waals surface area (Å²) in [4.78, 5) is 28.2. The van der Waals surface area contributed by atoms with E-state index in [1.165, 1.54) is 0 Å². The first-order chi connectivity index (χ1) is 18.9. The van der Waals surface area contributed by atoms with Gasteiger partial charge in [0.1, 0.15) is 0 Å². The van der Waals surface area contributed by atoms with Crippen molar-refractivity contribution >= 4 is 28.9 Å². The monoisotopic (exact) mass is 530 g/mol. The average molecular weight is 531 g/mol. The molecule has 0 aliphatic carbocycles. The predicted molar refractivity (Wildman–Crippen MR) is 147 cm³/mol. The van der Waals surface area contributed by atoms with E-state index in [0.29, 0.717) is 42.0 Å². The summed E-state index contributed by atoms with van der Waals surface area (Å²) in [5, 5.41) is 35.3. The fourth-order valence-corrected chi connectivity index (χ4v) is 5.24. The summed E-state index contributed by atoms with van der Waals surface area (Å²) in [5.41, 5.74) is 1.14. The first-order valence-corrected chi connectivity index (χ1v) is 13.4. The number of carbonyl (C=O) groups excluding carboxylic acids is 2. The van der Waals surface area contributed by atoms with Gasteiger partial charge >= 0.3 is 0 Å². The van der Waals surface area contributed by atoms with Crippen molar-refractivity contribution in [2.75, 3.05) is 23.4 Å². The Morgan fingerprint density at radius 3 is 2.85 bits per heavy atom. The molecular formula is C29H34N6O4. The first-order valence-electron chi connectivity index (χ1n) is 13.4. The predicted octanol–water partition coefficient (Wildman–Crippen LogP) is 2.65. The first kappa shape index (κ1) is 26.7. The smallest absolute Gasteiger partial charge is 0.268 e. The second kappa shape index (κ2) is 11.5. The Labute approximate surface area is 227 Å². The van der Waals surface area contributed by atoms with Crippen LogP contribution in [-0.4, -0.2) is 56.2 Å². The number of nitrogens with zero attached hydrogens (tertiary/aromatic N) is 4. The molecule has 10 heteroatoms. The van der Waals surface area contributed by atoms with Crippen LogP contribution in [0.2, 0.25) is 0 Å². The van der Waals surface area contributed by atoms with Gasteiger partial charge in [0.25, 0.3) is 5.91 Å². The van der Waals surface area contributed by atoms with Gasteiger partial charge in [0.05, 0.1) is 17.4 Å². The summed E-state index contributed by atoms with van der Waals surface area (Å²) in [6, 6.07) is 14.3. The van der Waals surface area contributed by atoms with Gasteiger partial charge in [0.15, 0.2) is 5.60 Å². The molecule has 2 aromatic carbocycles. The minimum atomic E-state index is -1.82. The number of carbonyl (C=O) groups is 2. The van der Waals surface area contributed by atoms with E-state index in [9.17, 15) is 14.7 Å². The Kier molecular flexibility index (Phi) is 7.87. The molecule has 2 amide bonds. The molecule has 0 saturated carbocycles. The van der Waals surface area contributed by atoms with Crippen molar-refractivity contribution in [3.05, 3.63) is 78.1 Å². The molecule has 5 rings (SSSR count). The molecule has 39 heavy (non-hydrogen) atoms. The van der Waals surface area contributed by atoms with Gasteiger partial charge in [-0.2, -0.15) is 0 Å². The average Bonchev–Trinajstić information content (AvgIpc) is 3.68. The molecule has 2 aliphatic heterocycles. The summed E-state index contributed by atoms with van der Waals surface area (Å²) in [5.74, 6) is -1.12. The van der Waals surface area contributed by atoms with E-state index in [-0.39, 0.29) is 18.6 Å². The summed E-state index contributed by atoms with van der Waals surface area (Å²) in [6.45, 7) is 3.22. The molecule has 10 nitrogen and oxygen atoms in total. The number of hydrogen-bond acceptors (Lipinski definition) is 7.